The molecule has 2 N–H and O–H groups in total. The molecule has 2 nitrogen and oxygen atoms in total. The third-order valence-electron chi connectivity index (χ3n) is 0.957. The van der Waals surface area contributed by atoms with Crippen LogP contribution >= 0.6 is 0 Å². The van der Waals surface area contributed by atoms with E-state index >= 15 is 0 Å². The van der Waals surface area contributed by atoms with Gasteiger partial charge in [0.1, 0.15) is 0 Å². The molecule has 0 heterocycles. The maximum absolute atomic E-state index is 3.51. The van der Waals surface area contributed by atoms with E-state index in [-0.39, 0.29) is 51.4 Å². The van der Waals surface area contributed by atoms with Crippen LogP contribution in [0.3, 0.4) is 0 Å². The van der Waals surface area contributed by atoms with Crippen LogP contribution in [0, 0.1) is 7.05 Å². The molecule has 0 saturated carbocycles. The zero-order valence-electron chi connectivity index (χ0n) is 6.54. The summed E-state index contributed by atoms with van der Waals surface area (Å²) < 4.78 is 0. The van der Waals surface area contributed by atoms with E-state index in [1.54, 1.807) is 0 Å². The van der Waals surface area contributed by atoms with Crippen LogP contribution in [-0.4, -0.2) is 19.6 Å². The molecule has 0 aliphatic rings. The Labute approximate surface area is 101 Å². The Kier molecular flexibility index (Phi) is 17.9. The van der Waals surface area contributed by atoms with E-state index in [1.165, 1.54) is 0 Å². The van der Waals surface area contributed by atoms with Crippen molar-refractivity contribution >= 4 is 0 Å². The first kappa shape index (κ1) is 13.2. The SMILES string of the molecule is [CH2-]NCCCNCC.[K+]. The maximum Gasteiger partial charge on any atom is 1.00 e. The molecule has 0 saturated heterocycles. The molecular weight excluding hydrogens is 139 g/mol. The first-order valence-corrected chi connectivity index (χ1v) is 3.12. The van der Waals surface area contributed by atoms with Gasteiger partial charge in [0.05, 0.1) is 0 Å². The van der Waals surface area contributed by atoms with Gasteiger partial charge in [-0.3, -0.25) is 7.05 Å². The maximum atomic E-state index is 3.51. The van der Waals surface area contributed by atoms with Crippen LogP contribution in [-0.2, 0) is 0 Å². The first-order chi connectivity index (χ1) is 3.91. The molecule has 0 fully saturated rings. The van der Waals surface area contributed by atoms with E-state index in [9.17, 15) is 0 Å². The quantitative estimate of drug-likeness (QED) is 0.257. The van der Waals surface area contributed by atoms with Crippen molar-refractivity contribution in [1.29, 1.82) is 0 Å². The molecule has 0 aromatic carbocycles. The van der Waals surface area contributed by atoms with Gasteiger partial charge in [-0.25, -0.2) is 0 Å². The molecule has 0 rings (SSSR count). The molecule has 0 aromatic rings. The summed E-state index contributed by atoms with van der Waals surface area (Å²) in [4.78, 5) is 0. The van der Waals surface area contributed by atoms with E-state index < -0.39 is 0 Å². The summed E-state index contributed by atoms with van der Waals surface area (Å²) in [5.74, 6) is 0. The molecule has 50 valence electrons. The van der Waals surface area contributed by atoms with Crippen LogP contribution < -0.4 is 62.0 Å². The average molecular weight is 154 g/mol. The van der Waals surface area contributed by atoms with Gasteiger partial charge in [0, 0.05) is 0 Å². The molecule has 0 unspecified atom stereocenters. The number of hydrogen-bond acceptors (Lipinski definition) is 2. The fraction of sp³-hybridized carbons (Fsp3) is 0.833. The average Bonchev–Trinajstić information content (AvgIpc) is 1.81. The summed E-state index contributed by atoms with van der Waals surface area (Å²) >= 11 is 0. The fourth-order valence-corrected chi connectivity index (χ4v) is 0.515. The molecule has 9 heavy (non-hydrogen) atoms. The number of rotatable bonds is 5. The van der Waals surface area contributed by atoms with E-state index in [0.717, 1.165) is 26.1 Å². The molecule has 0 atom stereocenters. The van der Waals surface area contributed by atoms with Crippen molar-refractivity contribution in [1.82, 2.24) is 10.6 Å². The molecule has 0 radical (unpaired) electrons. The molecule has 0 amide bonds. The Morgan fingerprint density at radius 2 is 2.00 bits per heavy atom. The third-order valence-corrected chi connectivity index (χ3v) is 0.957. The zero-order chi connectivity index (χ0) is 6.24. The van der Waals surface area contributed by atoms with Crippen molar-refractivity contribution in [3.63, 3.8) is 0 Å². The monoisotopic (exact) mass is 154 g/mol. The largest absolute Gasteiger partial charge is 1.00 e. The van der Waals surface area contributed by atoms with Crippen molar-refractivity contribution in [2.75, 3.05) is 19.6 Å². The summed E-state index contributed by atoms with van der Waals surface area (Å²) in [6, 6.07) is 0. The van der Waals surface area contributed by atoms with Gasteiger partial charge < -0.3 is 10.6 Å². The Bertz CT molecular complexity index is 36.0. The second-order valence-corrected chi connectivity index (χ2v) is 1.71. The van der Waals surface area contributed by atoms with Crippen molar-refractivity contribution < 1.29 is 51.4 Å². The third kappa shape index (κ3) is 12.7. The van der Waals surface area contributed by atoms with Crippen LogP contribution in [0.1, 0.15) is 13.3 Å². The Balaban J connectivity index is 0. The van der Waals surface area contributed by atoms with Crippen LogP contribution in [0.15, 0.2) is 0 Å². The molecular formula is C6H15KN2. The second kappa shape index (κ2) is 12.3. The standard InChI is InChI=1S/C6H15N2.K/c1-3-8-6-4-5-7-2;/h7-8H,2-6H2,1H3;/q-1;+1. The second-order valence-electron chi connectivity index (χ2n) is 1.71. The minimum Gasteiger partial charge on any atom is -0.473 e. The van der Waals surface area contributed by atoms with Crippen molar-refractivity contribution in [2.24, 2.45) is 0 Å². The minimum absolute atomic E-state index is 0. The summed E-state index contributed by atoms with van der Waals surface area (Å²) in [5, 5.41) is 6.05. The van der Waals surface area contributed by atoms with Gasteiger partial charge in [-0.1, -0.05) is 6.92 Å². The fourth-order valence-electron chi connectivity index (χ4n) is 0.515. The van der Waals surface area contributed by atoms with Gasteiger partial charge in [0.25, 0.3) is 0 Å². The van der Waals surface area contributed by atoms with Crippen LogP contribution in [0.2, 0.25) is 0 Å². The van der Waals surface area contributed by atoms with Crippen molar-refractivity contribution in [2.45, 2.75) is 13.3 Å². The predicted molar refractivity (Wildman–Crippen MR) is 36.5 cm³/mol. The van der Waals surface area contributed by atoms with E-state index in [0.29, 0.717) is 0 Å². The van der Waals surface area contributed by atoms with Gasteiger partial charge in [0.2, 0.25) is 0 Å². The minimum atomic E-state index is 0. The van der Waals surface area contributed by atoms with Gasteiger partial charge in [-0.05, 0) is 26.1 Å². The van der Waals surface area contributed by atoms with Crippen LogP contribution in [0.25, 0.3) is 0 Å². The molecule has 0 bridgehead atoms. The van der Waals surface area contributed by atoms with Crippen LogP contribution in [0.4, 0.5) is 0 Å². The Hall–Kier alpha value is 1.56. The predicted octanol–water partition coefficient (Wildman–Crippen LogP) is -2.63. The molecule has 0 spiro atoms. The summed E-state index contributed by atoms with van der Waals surface area (Å²) in [6.07, 6.45) is 1.16. The van der Waals surface area contributed by atoms with E-state index in [2.05, 4.69) is 24.6 Å². The van der Waals surface area contributed by atoms with Gasteiger partial charge in [-0.15, -0.1) is 0 Å². The van der Waals surface area contributed by atoms with E-state index in [4.69, 9.17) is 0 Å². The molecule has 0 aromatic heterocycles. The summed E-state index contributed by atoms with van der Waals surface area (Å²) in [6.45, 7) is 5.28. The van der Waals surface area contributed by atoms with Gasteiger partial charge in [0.15, 0.2) is 0 Å². The summed E-state index contributed by atoms with van der Waals surface area (Å²) in [7, 11) is 3.51. The molecule has 3 heteroatoms. The zero-order valence-corrected chi connectivity index (χ0v) is 9.66. The first-order valence-electron chi connectivity index (χ1n) is 3.12. The number of nitrogens with one attached hydrogen (secondary N) is 2. The molecule has 0 aliphatic heterocycles. The smallest absolute Gasteiger partial charge is 0.473 e. The van der Waals surface area contributed by atoms with Gasteiger partial charge in [-0.2, -0.15) is 0 Å². The van der Waals surface area contributed by atoms with Crippen molar-refractivity contribution in [3.8, 4) is 0 Å². The molecule has 0 aliphatic carbocycles. The summed E-state index contributed by atoms with van der Waals surface area (Å²) in [5.41, 5.74) is 0. The Morgan fingerprint density at radius 1 is 1.33 bits per heavy atom. The van der Waals surface area contributed by atoms with Crippen molar-refractivity contribution in [3.05, 3.63) is 7.05 Å². The number of hydrogen-bond donors (Lipinski definition) is 2. The van der Waals surface area contributed by atoms with Crippen LogP contribution in [0.5, 0.6) is 0 Å². The van der Waals surface area contributed by atoms with E-state index in [1.807, 2.05) is 0 Å². The Morgan fingerprint density at radius 3 is 2.44 bits per heavy atom. The topological polar surface area (TPSA) is 24.1 Å². The normalized spacial score (nSPS) is 8.67. The van der Waals surface area contributed by atoms with Gasteiger partial charge >= 0.3 is 51.4 Å².